The average molecular weight is 619 g/mol. The first kappa shape index (κ1) is 42.1. The van der Waals surface area contributed by atoms with E-state index in [1.165, 1.54) is 109 Å². The van der Waals surface area contributed by atoms with Crippen molar-refractivity contribution in [3.63, 3.8) is 0 Å². The van der Waals surface area contributed by atoms with Gasteiger partial charge in [-0.3, -0.25) is 9.59 Å². The Balaban J connectivity index is 3.65. The quantitative estimate of drug-likeness (QED) is 0.0450. The summed E-state index contributed by atoms with van der Waals surface area (Å²) >= 11 is 0. The van der Waals surface area contributed by atoms with Gasteiger partial charge in [0.2, 0.25) is 0 Å². The molecular formula is C39H70O5. The maximum Gasteiger partial charge on any atom is 0.306 e. The number of carbonyl (C=O) groups excluding carboxylic acids is 2. The highest BCUT2D eigenvalue weighted by Gasteiger charge is 2.15. The van der Waals surface area contributed by atoms with Gasteiger partial charge in [-0.1, -0.05) is 159 Å². The molecule has 5 nitrogen and oxygen atoms in total. The molecule has 1 atom stereocenters. The molecule has 256 valence electrons. The van der Waals surface area contributed by atoms with E-state index in [4.69, 9.17) is 9.47 Å². The molecule has 0 aliphatic rings. The van der Waals surface area contributed by atoms with E-state index in [1.807, 2.05) is 0 Å². The van der Waals surface area contributed by atoms with Crippen molar-refractivity contribution in [3.8, 4) is 0 Å². The Bertz CT molecular complexity index is 711. The molecule has 0 spiro atoms. The Morgan fingerprint density at radius 1 is 0.523 bits per heavy atom. The van der Waals surface area contributed by atoms with Crippen molar-refractivity contribution >= 4 is 11.9 Å². The summed E-state index contributed by atoms with van der Waals surface area (Å²) in [5.41, 5.74) is 0. The van der Waals surface area contributed by atoms with E-state index in [1.54, 1.807) is 0 Å². The van der Waals surface area contributed by atoms with Gasteiger partial charge in [0.1, 0.15) is 6.61 Å². The van der Waals surface area contributed by atoms with Gasteiger partial charge in [0.05, 0.1) is 6.61 Å². The van der Waals surface area contributed by atoms with E-state index < -0.39 is 6.10 Å². The minimum absolute atomic E-state index is 0.0833. The normalized spacial score (nSPS) is 12.5. The van der Waals surface area contributed by atoms with Gasteiger partial charge in [-0.15, -0.1) is 0 Å². The van der Waals surface area contributed by atoms with Crippen LogP contribution < -0.4 is 0 Å². The summed E-state index contributed by atoms with van der Waals surface area (Å²) in [5, 5.41) is 9.52. The predicted molar refractivity (Wildman–Crippen MR) is 187 cm³/mol. The van der Waals surface area contributed by atoms with Crippen LogP contribution in [0.3, 0.4) is 0 Å². The van der Waals surface area contributed by atoms with Gasteiger partial charge in [-0.2, -0.15) is 0 Å². The van der Waals surface area contributed by atoms with Gasteiger partial charge in [0.25, 0.3) is 0 Å². The highest BCUT2D eigenvalue weighted by Crippen LogP contribution is 2.13. The number of aliphatic hydroxyl groups excluding tert-OH is 1. The zero-order valence-electron chi connectivity index (χ0n) is 28.9. The molecule has 0 saturated carbocycles. The fraction of sp³-hybridized carbons (Fsp3) is 0.795. The van der Waals surface area contributed by atoms with Crippen molar-refractivity contribution in [3.05, 3.63) is 36.5 Å². The molecule has 0 bridgehead atoms. The van der Waals surface area contributed by atoms with Crippen LogP contribution in [0.1, 0.15) is 181 Å². The molecule has 0 saturated heterocycles. The number of allylic oxidation sites excluding steroid dienone is 6. The number of carbonyl (C=O) groups is 2. The third kappa shape index (κ3) is 33.0. The van der Waals surface area contributed by atoms with Gasteiger partial charge < -0.3 is 14.6 Å². The number of hydrogen-bond acceptors (Lipinski definition) is 5. The summed E-state index contributed by atoms with van der Waals surface area (Å²) in [6.45, 7) is 4.08. The summed E-state index contributed by atoms with van der Waals surface area (Å²) in [5.74, 6) is -0.649. The van der Waals surface area contributed by atoms with Crippen LogP contribution in [0.2, 0.25) is 0 Å². The van der Waals surface area contributed by atoms with Crippen LogP contribution >= 0.6 is 0 Å². The Kier molecular flexibility index (Phi) is 34.1. The van der Waals surface area contributed by atoms with Crippen LogP contribution in [-0.4, -0.2) is 36.4 Å². The van der Waals surface area contributed by atoms with Gasteiger partial charge >= 0.3 is 11.9 Å². The van der Waals surface area contributed by atoms with Gasteiger partial charge in [0.15, 0.2) is 6.10 Å². The van der Waals surface area contributed by atoms with Crippen molar-refractivity contribution in [1.82, 2.24) is 0 Å². The Labute approximate surface area is 272 Å². The molecule has 44 heavy (non-hydrogen) atoms. The van der Waals surface area contributed by atoms with Crippen LogP contribution in [0.4, 0.5) is 0 Å². The number of rotatable bonds is 33. The molecule has 0 aromatic rings. The van der Waals surface area contributed by atoms with Crippen molar-refractivity contribution in [2.45, 2.75) is 187 Å². The smallest absolute Gasteiger partial charge is 0.306 e. The number of aliphatic hydroxyl groups is 1. The van der Waals surface area contributed by atoms with Gasteiger partial charge in [0, 0.05) is 12.8 Å². The van der Waals surface area contributed by atoms with Crippen molar-refractivity contribution in [2.75, 3.05) is 13.2 Å². The summed E-state index contributed by atoms with van der Waals surface area (Å²) in [7, 11) is 0. The molecule has 5 heteroatoms. The lowest BCUT2D eigenvalue weighted by atomic mass is 10.0. The largest absolute Gasteiger partial charge is 0.462 e. The van der Waals surface area contributed by atoms with E-state index in [-0.39, 0.29) is 31.6 Å². The zero-order valence-corrected chi connectivity index (χ0v) is 28.9. The average Bonchev–Trinajstić information content (AvgIpc) is 3.02. The summed E-state index contributed by atoms with van der Waals surface area (Å²) < 4.78 is 10.5. The standard InChI is InChI=1S/C39H70O5/c1-3-5-7-9-11-13-15-17-18-19-20-22-24-26-28-30-32-34-39(42)44-37(35-40)36-43-38(41)33-31-29-27-25-23-21-16-14-12-10-8-6-4-2/h17-18,20,22,26,28,37,40H,3-16,19,21,23-25,27,29-36H2,1-2H3/b18-17-,22-20-,28-26-/t37-/m0/s1. The molecule has 0 aromatic carbocycles. The Morgan fingerprint density at radius 3 is 1.43 bits per heavy atom. The molecule has 0 rings (SSSR count). The summed E-state index contributed by atoms with van der Waals surface area (Å²) in [6, 6.07) is 0. The summed E-state index contributed by atoms with van der Waals surface area (Å²) in [6.07, 6.45) is 42.0. The fourth-order valence-corrected chi connectivity index (χ4v) is 5.10. The van der Waals surface area contributed by atoms with E-state index in [0.29, 0.717) is 12.8 Å². The lowest BCUT2D eigenvalue weighted by Crippen LogP contribution is -2.28. The van der Waals surface area contributed by atoms with E-state index in [9.17, 15) is 14.7 Å². The van der Waals surface area contributed by atoms with E-state index in [2.05, 4.69) is 50.3 Å². The maximum atomic E-state index is 12.1. The third-order valence-electron chi connectivity index (χ3n) is 7.94. The molecule has 0 amide bonds. The lowest BCUT2D eigenvalue weighted by molar-refractivity contribution is -0.161. The predicted octanol–water partition coefficient (Wildman–Crippen LogP) is 11.3. The highest BCUT2D eigenvalue weighted by atomic mass is 16.6. The maximum absolute atomic E-state index is 12.1. The second-order valence-electron chi connectivity index (χ2n) is 12.3. The van der Waals surface area contributed by atoms with Crippen molar-refractivity contribution in [2.24, 2.45) is 0 Å². The number of unbranched alkanes of at least 4 members (excludes halogenated alkanes) is 19. The van der Waals surface area contributed by atoms with Crippen LogP contribution in [-0.2, 0) is 19.1 Å². The van der Waals surface area contributed by atoms with E-state index in [0.717, 1.165) is 38.5 Å². The summed E-state index contributed by atoms with van der Waals surface area (Å²) in [4.78, 5) is 24.1. The van der Waals surface area contributed by atoms with Gasteiger partial charge in [-0.25, -0.2) is 0 Å². The van der Waals surface area contributed by atoms with Crippen molar-refractivity contribution < 1.29 is 24.2 Å². The molecule has 0 radical (unpaired) electrons. The van der Waals surface area contributed by atoms with Crippen LogP contribution in [0, 0.1) is 0 Å². The Morgan fingerprint density at radius 2 is 0.932 bits per heavy atom. The number of esters is 2. The molecule has 0 aliphatic heterocycles. The minimum atomic E-state index is -0.793. The van der Waals surface area contributed by atoms with Crippen LogP contribution in [0.25, 0.3) is 0 Å². The molecule has 0 aromatic heterocycles. The van der Waals surface area contributed by atoms with E-state index >= 15 is 0 Å². The molecule has 0 heterocycles. The fourth-order valence-electron chi connectivity index (χ4n) is 5.10. The second-order valence-corrected chi connectivity index (χ2v) is 12.3. The topological polar surface area (TPSA) is 72.8 Å². The SMILES string of the molecule is CCCCCCCC/C=C\C/C=C\C/C=C\CCCC(=O)O[C@@H](CO)COC(=O)CCCCCCCCCCCCCCC. The lowest BCUT2D eigenvalue weighted by Gasteiger charge is -2.15. The first-order valence-electron chi connectivity index (χ1n) is 18.5. The Hall–Kier alpha value is -1.88. The molecule has 0 aliphatic carbocycles. The molecule has 1 N–H and O–H groups in total. The molecular weight excluding hydrogens is 548 g/mol. The minimum Gasteiger partial charge on any atom is -0.462 e. The molecule has 0 fully saturated rings. The number of hydrogen-bond donors (Lipinski definition) is 1. The molecule has 0 unspecified atom stereocenters. The van der Waals surface area contributed by atoms with Gasteiger partial charge in [-0.05, 0) is 44.9 Å². The zero-order chi connectivity index (χ0) is 32.2. The number of ether oxygens (including phenoxy) is 2. The van der Waals surface area contributed by atoms with Crippen LogP contribution in [0.15, 0.2) is 36.5 Å². The van der Waals surface area contributed by atoms with Crippen LogP contribution in [0.5, 0.6) is 0 Å². The third-order valence-corrected chi connectivity index (χ3v) is 7.94. The highest BCUT2D eigenvalue weighted by molar-refractivity contribution is 5.70. The second kappa shape index (κ2) is 35.6. The first-order valence-corrected chi connectivity index (χ1v) is 18.5. The van der Waals surface area contributed by atoms with Crippen molar-refractivity contribution in [1.29, 1.82) is 0 Å². The monoisotopic (exact) mass is 619 g/mol. The first-order chi connectivity index (χ1) is 21.6.